The van der Waals surface area contributed by atoms with Crippen LogP contribution in [-0.2, 0) is 27.5 Å². The first-order valence-corrected chi connectivity index (χ1v) is 13.2. The zero-order valence-electron chi connectivity index (χ0n) is 21.2. The van der Waals surface area contributed by atoms with Crippen molar-refractivity contribution < 1.29 is 28.4 Å². The van der Waals surface area contributed by atoms with E-state index in [1.54, 1.807) is 18.2 Å². The van der Waals surface area contributed by atoms with E-state index in [0.29, 0.717) is 24.2 Å². The quantitative estimate of drug-likeness (QED) is 0.520. The minimum Gasteiger partial charge on any atom is -0.380 e. The molecule has 1 atom stereocenters. The highest BCUT2D eigenvalue weighted by atomic mass is 19.1. The molecule has 6 rings (SSSR count). The Balaban J connectivity index is 1.10. The van der Waals surface area contributed by atoms with Crippen LogP contribution in [0.3, 0.4) is 0 Å². The number of fused-ring (bicyclic) bond motifs is 1. The largest absolute Gasteiger partial charge is 0.380 e. The molecule has 0 aromatic heterocycles. The highest BCUT2D eigenvalue weighted by molar-refractivity contribution is 6.25. The molecule has 0 spiro atoms. The maximum absolute atomic E-state index is 15.0. The summed E-state index contributed by atoms with van der Waals surface area (Å²) in [4.78, 5) is 67.0. The van der Waals surface area contributed by atoms with Gasteiger partial charge in [-0.3, -0.25) is 39.1 Å². The fourth-order valence-electron chi connectivity index (χ4n) is 5.87. The fourth-order valence-corrected chi connectivity index (χ4v) is 5.87. The normalized spacial score (nSPS) is 21.9. The zero-order chi connectivity index (χ0) is 27.3. The first-order chi connectivity index (χ1) is 18.8. The molecule has 0 aliphatic carbocycles. The Morgan fingerprint density at radius 3 is 2.54 bits per heavy atom. The molecular formula is C28H28FN5O5. The molecule has 0 radical (unpaired) electrons. The molecule has 4 heterocycles. The van der Waals surface area contributed by atoms with Gasteiger partial charge in [0, 0.05) is 56.8 Å². The van der Waals surface area contributed by atoms with Gasteiger partial charge >= 0.3 is 0 Å². The first-order valence-electron chi connectivity index (χ1n) is 13.2. The molecule has 202 valence electrons. The average molecular weight is 534 g/mol. The van der Waals surface area contributed by atoms with Gasteiger partial charge in [0.15, 0.2) is 0 Å². The molecule has 0 saturated carbocycles. The minimum absolute atomic E-state index is 0.0423. The summed E-state index contributed by atoms with van der Waals surface area (Å²) < 4.78 is 15.0. The van der Waals surface area contributed by atoms with Crippen molar-refractivity contribution in [3.63, 3.8) is 0 Å². The lowest BCUT2D eigenvalue weighted by Gasteiger charge is -2.44. The number of carbonyl (C=O) groups is 5. The van der Waals surface area contributed by atoms with Crippen molar-refractivity contribution in [1.29, 1.82) is 0 Å². The van der Waals surface area contributed by atoms with Crippen molar-refractivity contribution in [1.82, 2.24) is 20.0 Å². The van der Waals surface area contributed by atoms with E-state index in [4.69, 9.17) is 0 Å². The van der Waals surface area contributed by atoms with Crippen LogP contribution >= 0.6 is 0 Å². The molecule has 4 aliphatic rings. The van der Waals surface area contributed by atoms with Crippen molar-refractivity contribution >= 4 is 35.2 Å². The minimum atomic E-state index is -1.05. The Labute approximate surface area is 224 Å². The van der Waals surface area contributed by atoms with Crippen LogP contribution in [0.4, 0.5) is 10.1 Å². The highest BCUT2D eigenvalue weighted by Crippen LogP contribution is 2.33. The highest BCUT2D eigenvalue weighted by Gasteiger charge is 2.45. The van der Waals surface area contributed by atoms with Crippen molar-refractivity contribution in [2.75, 3.05) is 25.0 Å². The van der Waals surface area contributed by atoms with E-state index in [-0.39, 0.29) is 48.3 Å². The number of nitrogens with zero attached hydrogens (tertiary/aromatic N) is 3. The van der Waals surface area contributed by atoms with Gasteiger partial charge in [-0.2, -0.15) is 0 Å². The topological polar surface area (TPSA) is 119 Å². The maximum atomic E-state index is 15.0. The van der Waals surface area contributed by atoms with Crippen LogP contribution < -0.4 is 10.6 Å². The van der Waals surface area contributed by atoms with Crippen LogP contribution in [0.25, 0.3) is 0 Å². The van der Waals surface area contributed by atoms with E-state index in [1.165, 1.54) is 12.1 Å². The van der Waals surface area contributed by atoms with E-state index in [1.807, 2.05) is 11.0 Å². The lowest BCUT2D eigenvalue weighted by atomic mass is 10.0. The summed E-state index contributed by atoms with van der Waals surface area (Å²) in [5.74, 6) is -2.47. The first kappa shape index (κ1) is 25.2. The molecule has 0 bridgehead atoms. The van der Waals surface area contributed by atoms with Gasteiger partial charge in [0.25, 0.3) is 11.8 Å². The molecule has 10 nitrogen and oxygen atoms in total. The van der Waals surface area contributed by atoms with Crippen LogP contribution in [0, 0.1) is 5.82 Å². The summed E-state index contributed by atoms with van der Waals surface area (Å²) in [5.41, 5.74) is 1.90. The van der Waals surface area contributed by atoms with Gasteiger partial charge in [0.1, 0.15) is 11.9 Å². The number of imide groups is 2. The van der Waals surface area contributed by atoms with Gasteiger partial charge in [-0.1, -0.05) is 18.2 Å². The molecule has 11 heteroatoms. The second-order valence-corrected chi connectivity index (χ2v) is 10.5. The van der Waals surface area contributed by atoms with Gasteiger partial charge < -0.3 is 10.2 Å². The van der Waals surface area contributed by atoms with Crippen molar-refractivity contribution in [2.45, 2.75) is 50.9 Å². The molecule has 5 amide bonds. The number of piperidine rings is 1. The summed E-state index contributed by atoms with van der Waals surface area (Å²) in [6.45, 7) is 3.09. The number of halogens is 1. The summed E-state index contributed by atoms with van der Waals surface area (Å²) in [6.07, 6.45) is 1.67. The zero-order valence-corrected chi connectivity index (χ0v) is 21.2. The average Bonchev–Trinajstić information content (AvgIpc) is 3.41. The second kappa shape index (κ2) is 9.88. The number of hydrogen-bond acceptors (Lipinski definition) is 7. The van der Waals surface area contributed by atoms with Crippen molar-refractivity contribution in [3.05, 3.63) is 64.5 Å². The van der Waals surface area contributed by atoms with E-state index in [9.17, 15) is 28.4 Å². The molecule has 3 fully saturated rings. The van der Waals surface area contributed by atoms with Crippen LogP contribution in [-0.4, -0.2) is 76.0 Å². The number of nitrogens with one attached hydrogen (secondary N) is 2. The lowest BCUT2D eigenvalue weighted by Crippen LogP contribution is -2.59. The summed E-state index contributed by atoms with van der Waals surface area (Å²) in [5, 5.41) is 5.26. The fraction of sp³-hybridized carbons (Fsp3) is 0.393. The monoisotopic (exact) mass is 533 g/mol. The van der Waals surface area contributed by atoms with E-state index < -0.39 is 29.7 Å². The lowest BCUT2D eigenvalue weighted by molar-refractivity contribution is -0.136. The Morgan fingerprint density at radius 1 is 1.00 bits per heavy atom. The van der Waals surface area contributed by atoms with Gasteiger partial charge in [-0.05, 0) is 36.6 Å². The molecule has 2 N–H and O–H groups in total. The van der Waals surface area contributed by atoms with Crippen LogP contribution in [0.5, 0.6) is 0 Å². The summed E-state index contributed by atoms with van der Waals surface area (Å²) in [7, 11) is 0. The SMILES string of the molecule is O=C1CCC(N2C(=O)c3cccc(NCc4ccc(CN5CC(N6CCCC6=O)C5)cc4F)c3C2=O)C(=O)N1. The molecule has 1 unspecified atom stereocenters. The van der Waals surface area contributed by atoms with Crippen molar-refractivity contribution in [2.24, 2.45) is 0 Å². The number of carbonyl (C=O) groups excluding carboxylic acids is 5. The Hall–Kier alpha value is -4.12. The van der Waals surface area contributed by atoms with Crippen LogP contribution in [0.2, 0.25) is 0 Å². The summed E-state index contributed by atoms with van der Waals surface area (Å²) >= 11 is 0. The van der Waals surface area contributed by atoms with Crippen LogP contribution in [0.1, 0.15) is 57.5 Å². The number of anilines is 1. The molecule has 2 aromatic carbocycles. The molecule has 4 aliphatic heterocycles. The number of amides is 5. The van der Waals surface area contributed by atoms with Crippen LogP contribution in [0.15, 0.2) is 36.4 Å². The number of likely N-dealkylation sites (tertiary alicyclic amines) is 2. The van der Waals surface area contributed by atoms with Crippen molar-refractivity contribution in [3.8, 4) is 0 Å². The standard InChI is InChI=1S/C28H28FN5O5/c29-20-11-16(13-32-14-18(15-32)33-10-2-5-24(33)36)6-7-17(20)12-30-21-4-1-3-19-25(21)28(39)34(27(19)38)22-8-9-23(35)31-26(22)37/h1,3-4,6-7,11,18,22,30H,2,5,8-10,12-15H2,(H,31,35,37). The van der Waals surface area contributed by atoms with E-state index >= 15 is 0 Å². The van der Waals surface area contributed by atoms with Gasteiger partial charge in [0.05, 0.1) is 17.2 Å². The summed E-state index contributed by atoms with van der Waals surface area (Å²) in [6, 6.07) is 9.04. The molecular weight excluding hydrogens is 505 g/mol. The third kappa shape index (κ3) is 4.56. The Kier molecular flexibility index (Phi) is 6.38. The second-order valence-electron chi connectivity index (χ2n) is 10.5. The third-order valence-corrected chi connectivity index (χ3v) is 7.95. The molecule has 2 aromatic rings. The smallest absolute Gasteiger partial charge is 0.264 e. The van der Waals surface area contributed by atoms with E-state index in [2.05, 4.69) is 15.5 Å². The number of hydrogen-bond donors (Lipinski definition) is 2. The van der Waals surface area contributed by atoms with E-state index in [0.717, 1.165) is 36.5 Å². The van der Waals surface area contributed by atoms with Gasteiger partial charge in [0.2, 0.25) is 17.7 Å². The number of benzene rings is 2. The predicted octanol–water partition coefficient (Wildman–Crippen LogP) is 1.65. The predicted molar refractivity (Wildman–Crippen MR) is 137 cm³/mol. The van der Waals surface area contributed by atoms with Gasteiger partial charge in [-0.25, -0.2) is 4.39 Å². The molecule has 39 heavy (non-hydrogen) atoms. The van der Waals surface area contributed by atoms with Gasteiger partial charge in [-0.15, -0.1) is 0 Å². The maximum Gasteiger partial charge on any atom is 0.264 e. The Bertz CT molecular complexity index is 1400. The third-order valence-electron chi connectivity index (χ3n) is 7.95. The Morgan fingerprint density at radius 2 is 1.82 bits per heavy atom. The molecule has 3 saturated heterocycles. The number of rotatable bonds is 7.